The van der Waals surface area contributed by atoms with Crippen molar-refractivity contribution in [3.8, 4) is 0 Å². The maximum absolute atomic E-state index is 14.5. The molecule has 0 spiro atoms. The number of morpholine rings is 1. The summed E-state index contributed by atoms with van der Waals surface area (Å²) in [5, 5.41) is 10.4. The third-order valence-electron chi connectivity index (χ3n) is 3.93. The Bertz CT molecular complexity index is 734. The molecule has 2 unspecified atom stereocenters. The second kappa shape index (κ2) is 8.79. The molecule has 0 saturated carbocycles. The van der Waals surface area contributed by atoms with Crippen LogP contribution in [-0.2, 0) is 16.1 Å². The second-order valence-corrected chi connectivity index (χ2v) is 8.27. The Morgan fingerprint density at radius 3 is 2.85 bits per heavy atom. The molecule has 0 bridgehead atoms. The van der Waals surface area contributed by atoms with E-state index in [1.807, 2.05) is 24.8 Å². The average molecular weight is 397 g/mol. The topological polar surface area (TPSA) is 67.4 Å². The Balaban J connectivity index is 1.53. The number of thioether (sulfide) groups is 1. The van der Waals surface area contributed by atoms with Crippen LogP contribution in [0.2, 0.25) is 0 Å². The molecule has 2 aromatic rings. The highest BCUT2D eigenvalue weighted by Crippen LogP contribution is 2.24. The van der Waals surface area contributed by atoms with Crippen molar-refractivity contribution in [2.45, 2.75) is 36.9 Å². The van der Waals surface area contributed by atoms with Gasteiger partial charge in [-0.1, -0.05) is 29.2 Å². The third-order valence-corrected chi connectivity index (χ3v) is 5.79. The Morgan fingerprint density at radius 2 is 2.19 bits per heavy atom. The molecule has 3 rings (SSSR count). The summed E-state index contributed by atoms with van der Waals surface area (Å²) in [6, 6.07) is 5.11. The van der Waals surface area contributed by atoms with Gasteiger partial charge in [0.15, 0.2) is 4.34 Å². The molecular formula is C17H21FN4O2S2. The van der Waals surface area contributed by atoms with E-state index in [0.717, 1.165) is 9.90 Å². The zero-order valence-corrected chi connectivity index (χ0v) is 16.3. The summed E-state index contributed by atoms with van der Waals surface area (Å²) in [7, 11) is 0. The van der Waals surface area contributed by atoms with E-state index in [1.54, 1.807) is 11.6 Å². The van der Waals surface area contributed by atoms with Crippen LogP contribution in [0.5, 0.6) is 0 Å². The Labute approximate surface area is 160 Å². The first-order chi connectivity index (χ1) is 12.5. The standard InChI is InChI=1S/C17H21FN4O2S2/c1-11-7-22(8-12(2)24-11)15-4-3-13(5-14(15)18)6-19-16(23)9-25-17-21-20-10-26-17/h3-5,10-12H,6-9H2,1-2H3,(H,19,23). The minimum absolute atomic E-state index is 0.0719. The summed E-state index contributed by atoms with van der Waals surface area (Å²) in [6.45, 7) is 5.61. The van der Waals surface area contributed by atoms with Gasteiger partial charge in [0.2, 0.25) is 5.91 Å². The van der Waals surface area contributed by atoms with Crippen LogP contribution < -0.4 is 10.2 Å². The fourth-order valence-electron chi connectivity index (χ4n) is 2.90. The number of nitrogens with zero attached hydrogens (tertiary/aromatic N) is 3. The number of benzene rings is 1. The molecule has 1 N–H and O–H groups in total. The summed E-state index contributed by atoms with van der Waals surface area (Å²) < 4.78 is 21.0. The van der Waals surface area contributed by atoms with Crippen LogP contribution in [0.3, 0.4) is 0 Å². The van der Waals surface area contributed by atoms with E-state index in [4.69, 9.17) is 4.74 Å². The summed E-state index contributed by atoms with van der Waals surface area (Å²) in [6.07, 6.45) is 0.144. The van der Waals surface area contributed by atoms with E-state index < -0.39 is 0 Å². The molecule has 1 aliphatic rings. The van der Waals surface area contributed by atoms with Gasteiger partial charge in [-0.05, 0) is 31.5 Å². The van der Waals surface area contributed by atoms with Crippen molar-refractivity contribution in [3.63, 3.8) is 0 Å². The average Bonchev–Trinajstić information content (AvgIpc) is 3.11. The maximum atomic E-state index is 14.5. The molecule has 0 aliphatic carbocycles. The molecule has 1 saturated heterocycles. The Hall–Kier alpha value is -1.71. The number of rotatable bonds is 6. The number of halogens is 1. The summed E-state index contributed by atoms with van der Waals surface area (Å²) in [5.41, 5.74) is 2.93. The highest BCUT2D eigenvalue weighted by molar-refractivity contribution is 8.01. The summed E-state index contributed by atoms with van der Waals surface area (Å²) in [5.74, 6) is -0.133. The molecule has 1 aromatic heterocycles. The smallest absolute Gasteiger partial charge is 0.230 e. The predicted octanol–water partition coefficient (Wildman–Crippen LogP) is 2.70. The van der Waals surface area contributed by atoms with Gasteiger partial charge in [0, 0.05) is 19.6 Å². The van der Waals surface area contributed by atoms with Crippen LogP contribution in [0.25, 0.3) is 0 Å². The number of ether oxygens (including phenoxy) is 1. The van der Waals surface area contributed by atoms with Crippen LogP contribution in [0, 0.1) is 5.82 Å². The zero-order valence-electron chi connectivity index (χ0n) is 14.6. The molecule has 1 aromatic carbocycles. The molecule has 140 valence electrons. The predicted molar refractivity (Wildman–Crippen MR) is 101 cm³/mol. The van der Waals surface area contributed by atoms with Crippen LogP contribution in [0.1, 0.15) is 19.4 Å². The molecule has 6 nitrogen and oxygen atoms in total. The number of hydrogen-bond donors (Lipinski definition) is 1. The van der Waals surface area contributed by atoms with Gasteiger partial charge in [-0.2, -0.15) is 0 Å². The van der Waals surface area contributed by atoms with E-state index in [0.29, 0.717) is 25.3 Å². The summed E-state index contributed by atoms with van der Waals surface area (Å²) >= 11 is 2.73. The van der Waals surface area contributed by atoms with Crippen molar-refractivity contribution in [2.75, 3.05) is 23.7 Å². The lowest BCUT2D eigenvalue weighted by atomic mass is 10.1. The Morgan fingerprint density at radius 1 is 1.42 bits per heavy atom. The number of carbonyl (C=O) groups is 1. The second-order valence-electron chi connectivity index (χ2n) is 6.22. The first-order valence-electron chi connectivity index (χ1n) is 8.35. The Kier molecular flexibility index (Phi) is 6.44. The number of carbonyl (C=O) groups excluding carboxylic acids is 1. The van der Waals surface area contributed by atoms with Crippen LogP contribution in [-0.4, -0.2) is 47.2 Å². The number of aromatic nitrogens is 2. The molecule has 0 radical (unpaired) electrons. The SMILES string of the molecule is CC1CN(c2ccc(CNC(=O)CSc3nncs3)cc2F)CC(C)O1. The van der Waals surface area contributed by atoms with Crippen molar-refractivity contribution < 1.29 is 13.9 Å². The van der Waals surface area contributed by atoms with E-state index in [-0.39, 0.29) is 29.7 Å². The van der Waals surface area contributed by atoms with E-state index in [9.17, 15) is 9.18 Å². The largest absolute Gasteiger partial charge is 0.372 e. The van der Waals surface area contributed by atoms with Crippen molar-refractivity contribution in [2.24, 2.45) is 0 Å². The molecule has 1 fully saturated rings. The lowest BCUT2D eigenvalue weighted by molar-refractivity contribution is -0.118. The molecule has 2 heterocycles. The highest BCUT2D eigenvalue weighted by atomic mass is 32.2. The van der Waals surface area contributed by atoms with Gasteiger partial charge >= 0.3 is 0 Å². The highest BCUT2D eigenvalue weighted by Gasteiger charge is 2.24. The van der Waals surface area contributed by atoms with Crippen molar-refractivity contribution in [1.82, 2.24) is 15.5 Å². The van der Waals surface area contributed by atoms with E-state index in [2.05, 4.69) is 15.5 Å². The van der Waals surface area contributed by atoms with Crippen molar-refractivity contribution in [1.29, 1.82) is 0 Å². The van der Waals surface area contributed by atoms with Gasteiger partial charge in [-0.25, -0.2) is 4.39 Å². The molecule has 9 heteroatoms. The lowest BCUT2D eigenvalue weighted by Crippen LogP contribution is -2.45. The third kappa shape index (κ3) is 5.15. The monoisotopic (exact) mass is 396 g/mol. The quantitative estimate of drug-likeness (QED) is 0.758. The van der Waals surface area contributed by atoms with Crippen LogP contribution in [0.15, 0.2) is 28.0 Å². The fourth-order valence-corrected chi connectivity index (χ4v) is 4.21. The van der Waals surface area contributed by atoms with E-state index in [1.165, 1.54) is 29.2 Å². The molecule has 2 atom stereocenters. The van der Waals surface area contributed by atoms with Crippen LogP contribution in [0.4, 0.5) is 10.1 Å². The number of amides is 1. The first-order valence-corrected chi connectivity index (χ1v) is 10.2. The minimum Gasteiger partial charge on any atom is -0.372 e. The van der Waals surface area contributed by atoms with Gasteiger partial charge in [0.1, 0.15) is 11.3 Å². The van der Waals surface area contributed by atoms with Gasteiger partial charge < -0.3 is 15.0 Å². The number of nitrogens with one attached hydrogen (secondary N) is 1. The maximum Gasteiger partial charge on any atom is 0.230 e. The minimum atomic E-state index is -0.277. The van der Waals surface area contributed by atoms with Crippen molar-refractivity contribution in [3.05, 3.63) is 35.1 Å². The van der Waals surface area contributed by atoms with Crippen molar-refractivity contribution >= 4 is 34.7 Å². The van der Waals surface area contributed by atoms with Crippen LogP contribution >= 0.6 is 23.1 Å². The van der Waals surface area contributed by atoms with Gasteiger partial charge in [-0.3, -0.25) is 4.79 Å². The molecule has 26 heavy (non-hydrogen) atoms. The summed E-state index contributed by atoms with van der Waals surface area (Å²) in [4.78, 5) is 13.9. The fraction of sp³-hybridized carbons (Fsp3) is 0.471. The van der Waals surface area contributed by atoms with Gasteiger partial charge in [0.05, 0.1) is 23.6 Å². The number of hydrogen-bond acceptors (Lipinski definition) is 7. The van der Waals surface area contributed by atoms with Gasteiger partial charge in [-0.15, -0.1) is 10.2 Å². The zero-order chi connectivity index (χ0) is 18.5. The first kappa shape index (κ1) is 19.1. The normalized spacial score (nSPS) is 20.2. The molecule has 1 aliphatic heterocycles. The van der Waals surface area contributed by atoms with E-state index >= 15 is 0 Å². The molecular weight excluding hydrogens is 375 g/mol. The lowest BCUT2D eigenvalue weighted by Gasteiger charge is -2.37. The molecule has 1 amide bonds. The number of anilines is 1. The van der Waals surface area contributed by atoms with Gasteiger partial charge in [0.25, 0.3) is 0 Å².